The molecule has 0 aliphatic heterocycles. The van der Waals surface area contributed by atoms with Gasteiger partial charge in [0.1, 0.15) is 18.2 Å². The van der Waals surface area contributed by atoms with Crippen molar-refractivity contribution in [1.29, 1.82) is 0 Å². The number of hydrogen-bond donors (Lipinski definition) is 1. The van der Waals surface area contributed by atoms with Gasteiger partial charge in [-0.3, -0.25) is 4.98 Å². The zero-order valence-corrected chi connectivity index (χ0v) is 11.2. The molecule has 0 bridgehead atoms. The van der Waals surface area contributed by atoms with E-state index in [1.807, 2.05) is 19.2 Å². The highest BCUT2D eigenvalue weighted by molar-refractivity contribution is 6.30. The third kappa shape index (κ3) is 3.91. The summed E-state index contributed by atoms with van der Waals surface area (Å²) in [6.45, 7) is 0.917. The Morgan fingerprint density at radius 3 is 2.89 bits per heavy atom. The highest BCUT2D eigenvalue weighted by Gasteiger charge is 2.05. The Morgan fingerprint density at radius 1 is 1.32 bits per heavy atom. The molecule has 5 heteroatoms. The predicted molar refractivity (Wildman–Crippen MR) is 72.7 cm³/mol. The Kier molecular flexibility index (Phi) is 4.71. The summed E-state index contributed by atoms with van der Waals surface area (Å²) in [7, 11) is 1.85. The number of hydrogen-bond acceptors (Lipinski definition) is 3. The number of halogens is 2. The van der Waals surface area contributed by atoms with Crippen molar-refractivity contribution in [2.45, 2.75) is 13.2 Å². The van der Waals surface area contributed by atoms with Gasteiger partial charge in [0.15, 0.2) is 0 Å². The Labute approximate surface area is 116 Å². The Morgan fingerprint density at radius 2 is 2.16 bits per heavy atom. The van der Waals surface area contributed by atoms with Gasteiger partial charge in [0.2, 0.25) is 0 Å². The summed E-state index contributed by atoms with van der Waals surface area (Å²) in [6, 6.07) is 6.82. The molecule has 1 N–H and O–H groups in total. The molecule has 2 aromatic rings. The van der Waals surface area contributed by atoms with Crippen LogP contribution in [0.3, 0.4) is 0 Å². The van der Waals surface area contributed by atoms with Gasteiger partial charge in [-0.25, -0.2) is 4.39 Å². The normalized spacial score (nSPS) is 10.5. The van der Waals surface area contributed by atoms with Crippen LogP contribution < -0.4 is 10.1 Å². The molecular weight excluding hydrogens is 267 g/mol. The molecule has 0 saturated heterocycles. The van der Waals surface area contributed by atoms with Crippen molar-refractivity contribution < 1.29 is 9.13 Å². The zero-order valence-electron chi connectivity index (χ0n) is 10.5. The number of nitrogens with zero attached hydrogens (tertiary/aromatic N) is 1. The second kappa shape index (κ2) is 6.50. The summed E-state index contributed by atoms with van der Waals surface area (Å²) in [4.78, 5) is 3.78. The maximum Gasteiger partial charge on any atom is 0.141 e. The largest absolute Gasteiger partial charge is 0.489 e. The standard InChI is InChI=1S/C14H14ClFN2O/c1-17-7-11-5-12(15)2-3-14(11)19-9-10-4-13(16)8-18-6-10/h2-6,8,17H,7,9H2,1H3. The van der Waals surface area contributed by atoms with E-state index >= 15 is 0 Å². The molecule has 0 unspecified atom stereocenters. The number of rotatable bonds is 5. The average Bonchev–Trinajstić information content (AvgIpc) is 2.38. The van der Waals surface area contributed by atoms with Gasteiger partial charge in [-0.05, 0) is 31.3 Å². The van der Waals surface area contributed by atoms with E-state index in [9.17, 15) is 4.39 Å². The molecule has 2 rings (SSSR count). The quantitative estimate of drug-likeness (QED) is 0.913. The van der Waals surface area contributed by atoms with Crippen molar-refractivity contribution in [1.82, 2.24) is 10.3 Å². The van der Waals surface area contributed by atoms with Gasteiger partial charge in [-0.1, -0.05) is 11.6 Å². The molecule has 1 aromatic carbocycles. The van der Waals surface area contributed by atoms with E-state index in [0.29, 0.717) is 17.1 Å². The van der Waals surface area contributed by atoms with Crippen LogP contribution in [0.1, 0.15) is 11.1 Å². The minimum Gasteiger partial charge on any atom is -0.489 e. The van der Waals surface area contributed by atoms with Gasteiger partial charge in [0, 0.05) is 28.9 Å². The smallest absolute Gasteiger partial charge is 0.141 e. The lowest BCUT2D eigenvalue weighted by atomic mass is 10.2. The van der Waals surface area contributed by atoms with E-state index in [1.165, 1.54) is 6.07 Å². The molecule has 19 heavy (non-hydrogen) atoms. The third-order valence-electron chi connectivity index (χ3n) is 2.55. The fourth-order valence-electron chi connectivity index (χ4n) is 1.71. The lowest BCUT2D eigenvalue weighted by Crippen LogP contribution is -2.07. The van der Waals surface area contributed by atoms with Gasteiger partial charge in [-0.15, -0.1) is 0 Å². The van der Waals surface area contributed by atoms with Crippen molar-refractivity contribution in [3.63, 3.8) is 0 Å². The molecule has 0 saturated carbocycles. The number of benzene rings is 1. The number of ether oxygens (including phenoxy) is 1. The molecule has 0 amide bonds. The molecule has 1 aromatic heterocycles. The van der Waals surface area contributed by atoms with Crippen molar-refractivity contribution in [3.05, 3.63) is 58.6 Å². The van der Waals surface area contributed by atoms with E-state index in [2.05, 4.69) is 10.3 Å². The summed E-state index contributed by atoms with van der Waals surface area (Å²) in [5.41, 5.74) is 1.64. The van der Waals surface area contributed by atoms with E-state index in [4.69, 9.17) is 16.3 Å². The molecule has 0 atom stereocenters. The van der Waals surface area contributed by atoms with E-state index in [1.54, 1.807) is 12.3 Å². The molecule has 0 aliphatic carbocycles. The molecular formula is C14H14ClFN2O. The maximum absolute atomic E-state index is 13.0. The Hall–Kier alpha value is -1.65. The summed E-state index contributed by atoms with van der Waals surface area (Å²) in [5.74, 6) is 0.357. The molecule has 3 nitrogen and oxygen atoms in total. The first-order valence-corrected chi connectivity index (χ1v) is 6.22. The molecule has 0 fully saturated rings. The average molecular weight is 281 g/mol. The minimum absolute atomic E-state index is 0.267. The lowest BCUT2D eigenvalue weighted by molar-refractivity contribution is 0.301. The van der Waals surface area contributed by atoms with Gasteiger partial charge in [-0.2, -0.15) is 0 Å². The Balaban J connectivity index is 2.10. The third-order valence-corrected chi connectivity index (χ3v) is 2.78. The van der Waals surface area contributed by atoms with Crippen LogP contribution in [0.4, 0.5) is 4.39 Å². The van der Waals surface area contributed by atoms with Crippen LogP contribution in [0, 0.1) is 5.82 Å². The van der Waals surface area contributed by atoms with E-state index < -0.39 is 0 Å². The fraction of sp³-hybridized carbons (Fsp3) is 0.214. The van der Waals surface area contributed by atoms with Crippen LogP contribution in [0.5, 0.6) is 5.75 Å². The van der Waals surface area contributed by atoms with Crippen LogP contribution in [0.2, 0.25) is 5.02 Å². The van der Waals surface area contributed by atoms with Gasteiger partial charge in [0.05, 0.1) is 6.20 Å². The minimum atomic E-state index is -0.368. The number of nitrogens with one attached hydrogen (secondary N) is 1. The van der Waals surface area contributed by atoms with Crippen LogP contribution >= 0.6 is 11.6 Å². The van der Waals surface area contributed by atoms with Crippen LogP contribution in [-0.2, 0) is 13.2 Å². The van der Waals surface area contributed by atoms with Gasteiger partial charge in [0.25, 0.3) is 0 Å². The van der Waals surface area contributed by atoms with Gasteiger partial charge < -0.3 is 10.1 Å². The second-order valence-corrected chi connectivity index (χ2v) is 4.52. The molecule has 0 radical (unpaired) electrons. The van der Waals surface area contributed by atoms with E-state index in [0.717, 1.165) is 17.5 Å². The summed E-state index contributed by atoms with van der Waals surface area (Å²) in [5, 5.41) is 3.71. The molecule has 100 valence electrons. The monoisotopic (exact) mass is 280 g/mol. The SMILES string of the molecule is CNCc1cc(Cl)ccc1OCc1cncc(F)c1. The predicted octanol–water partition coefficient (Wildman–Crippen LogP) is 3.17. The van der Waals surface area contributed by atoms with Crippen molar-refractivity contribution >= 4 is 11.6 Å². The highest BCUT2D eigenvalue weighted by Crippen LogP contribution is 2.23. The second-order valence-electron chi connectivity index (χ2n) is 4.08. The maximum atomic E-state index is 13.0. The highest BCUT2D eigenvalue weighted by atomic mass is 35.5. The molecule has 0 spiro atoms. The Bertz CT molecular complexity index is 563. The molecule has 1 heterocycles. The van der Waals surface area contributed by atoms with Gasteiger partial charge >= 0.3 is 0 Å². The van der Waals surface area contributed by atoms with Crippen molar-refractivity contribution in [2.24, 2.45) is 0 Å². The lowest BCUT2D eigenvalue weighted by Gasteiger charge is -2.11. The van der Waals surface area contributed by atoms with Crippen LogP contribution in [0.25, 0.3) is 0 Å². The summed E-state index contributed by atoms with van der Waals surface area (Å²) < 4.78 is 18.7. The summed E-state index contributed by atoms with van der Waals surface area (Å²) in [6.07, 6.45) is 2.75. The zero-order chi connectivity index (χ0) is 13.7. The summed E-state index contributed by atoms with van der Waals surface area (Å²) >= 11 is 5.95. The number of pyridine rings is 1. The van der Waals surface area contributed by atoms with Crippen molar-refractivity contribution in [3.8, 4) is 5.75 Å². The first kappa shape index (κ1) is 13.8. The van der Waals surface area contributed by atoms with Crippen LogP contribution in [0.15, 0.2) is 36.7 Å². The van der Waals surface area contributed by atoms with E-state index in [-0.39, 0.29) is 12.4 Å². The van der Waals surface area contributed by atoms with Crippen LogP contribution in [-0.4, -0.2) is 12.0 Å². The van der Waals surface area contributed by atoms with Crippen molar-refractivity contribution in [2.75, 3.05) is 7.05 Å². The number of aromatic nitrogens is 1. The molecule has 0 aliphatic rings. The topological polar surface area (TPSA) is 34.1 Å². The first-order chi connectivity index (χ1) is 9.19. The fourth-order valence-corrected chi connectivity index (χ4v) is 1.91. The first-order valence-electron chi connectivity index (χ1n) is 5.84.